The monoisotopic (exact) mass is 640 g/mol. The van der Waals surface area contributed by atoms with Gasteiger partial charge in [-0.3, -0.25) is 9.59 Å². The van der Waals surface area contributed by atoms with Gasteiger partial charge in [0.25, 0.3) is 0 Å². The number of anilines is 1. The lowest BCUT2D eigenvalue weighted by Crippen LogP contribution is -2.43. The first kappa shape index (κ1) is 31.9. The van der Waals surface area contributed by atoms with Crippen molar-refractivity contribution in [1.82, 2.24) is 39.5 Å². The van der Waals surface area contributed by atoms with Crippen molar-refractivity contribution in [3.05, 3.63) is 66.0 Å². The van der Waals surface area contributed by atoms with Crippen LogP contribution < -0.4 is 16.0 Å². The number of carbonyl (C=O) groups excluding carboxylic acids is 2. The summed E-state index contributed by atoms with van der Waals surface area (Å²) in [4.78, 5) is 31.6. The molecule has 0 spiro atoms. The van der Waals surface area contributed by atoms with Gasteiger partial charge in [-0.05, 0) is 44.4 Å². The molecule has 3 N–H and O–H groups in total. The molecule has 1 atom stereocenters. The van der Waals surface area contributed by atoms with E-state index in [2.05, 4.69) is 34.4 Å². The highest BCUT2D eigenvalue weighted by Gasteiger charge is 2.21. The van der Waals surface area contributed by atoms with Crippen molar-refractivity contribution in [2.45, 2.75) is 46.9 Å². The van der Waals surface area contributed by atoms with Crippen molar-refractivity contribution in [2.24, 2.45) is 11.7 Å². The number of benzene rings is 1. The van der Waals surface area contributed by atoms with Crippen LogP contribution in [-0.2, 0) is 25.8 Å². The van der Waals surface area contributed by atoms with Gasteiger partial charge in [0.2, 0.25) is 5.91 Å². The molecule has 0 unspecified atom stereocenters. The van der Waals surface area contributed by atoms with Gasteiger partial charge in [0.15, 0.2) is 18.2 Å². The van der Waals surface area contributed by atoms with Crippen LogP contribution in [0.25, 0.3) is 34.1 Å². The number of ether oxygens (including phenoxy) is 2. The Hall–Kier alpha value is -5.08. The minimum Gasteiger partial charge on any atom is -0.441 e. The number of amides is 1. The van der Waals surface area contributed by atoms with Gasteiger partial charge in [0, 0.05) is 42.7 Å². The van der Waals surface area contributed by atoms with Crippen molar-refractivity contribution in [1.29, 1.82) is 0 Å². The summed E-state index contributed by atoms with van der Waals surface area (Å²) >= 11 is 0. The number of fused-ring (bicyclic) bond motifs is 1. The summed E-state index contributed by atoms with van der Waals surface area (Å²) in [6.07, 6.45) is 2.44. The summed E-state index contributed by atoms with van der Waals surface area (Å²) in [5.41, 5.74) is 11.6. The lowest BCUT2D eigenvalue weighted by atomic mass is 10.0. The molecule has 246 valence electrons. The SMILES string of the molecule is Cc1cccc(-c2ccn(-c3cc(N4CCOCC4)n4nc(-c5cc(C)n(COC(=O)CNC(=O)[C@@H](N)CC(C)C)n5)cc4n3)n2)c1. The first-order valence-electron chi connectivity index (χ1n) is 15.7. The van der Waals surface area contributed by atoms with Crippen LogP contribution in [0.1, 0.15) is 31.5 Å². The lowest BCUT2D eigenvalue weighted by molar-refractivity contribution is -0.148. The largest absolute Gasteiger partial charge is 0.441 e. The summed E-state index contributed by atoms with van der Waals surface area (Å²) in [6.45, 7) is 10.2. The van der Waals surface area contributed by atoms with Crippen LogP contribution in [0.15, 0.2) is 54.7 Å². The van der Waals surface area contributed by atoms with Gasteiger partial charge < -0.3 is 25.4 Å². The maximum atomic E-state index is 12.3. The zero-order valence-electron chi connectivity index (χ0n) is 27.1. The number of aryl methyl sites for hydroxylation is 2. The number of hydrogen-bond acceptors (Lipinski definition) is 10. The molecule has 1 aliphatic rings. The number of rotatable bonds is 11. The maximum Gasteiger partial charge on any atom is 0.327 e. The molecule has 4 aromatic heterocycles. The molecular formula is C33H40N10O4. The van der Waals surface area contributed by atoms with Crippen LogP contribution in [0.2, 0.25) is 0 Å². The topological polar surface area (TPSA) is 160 Å². The fourth-order valence-corrected chi connectivity index (χ4v) is 5.47. The third-order valence-electron chi connectivity index (χ3n) is 7.93. The zero-order valence-corrected chi connectivity index (χ0v) is 27.1. The van der Waals surface area contributed by atoms with Crippen molar-refractivity contribution in [3.63, 3.8) is 0 Å². The molecule has 1 amide bonds. The molecule has 1 aromatic carbocycles. The second-order valence-electron chi connectivity index (χ2n) is 12.2. The van der Waals surface area contributed by atoms with Gasteiger partial charge in [-0.25, -0.2) is 14.3 Å². The van der Waals surface area contributed by atoms with Crippen molar-refractivity contribution in [3.8, 4) is 28.5 Å². The number of nitrogens with two attached hydrogens (primary N) is 1. The first-order chi connectivity index (χ1) is 22.6. The van der Waals surface area contributed by atoms with Gasteiger partial charge in [0.05, 0.1) is 24.9 Å². The Morgan fingerprint density at radius 1 is 1.00 bits per heavy atom. The minimum absolute atomic E-state index is 0.115. The van der Waals surface area contributed by atoms with Gasteiger partial charge in [-0.1, -0.05) is 37.6 Å². The Balaban J connectivity index is 1.22. The number of nitrogens with zero attached hydrogens (tertiary/aromatic N) is 8. The van der Waals surface area contributed by atoms with E-state index in [1.807, 2.05) is 67.9 Å². The van der Waals surface area contributed by atoms with Gasteiger partial charge >= 0.3 is 5.97 Å². The highest BCUT2D eigenvalue weighted by atomic mass is 16.5. The van der Waals surface area contributed by atoms with E-state index in [1.165, 1.54) is 5.56 Å². The van der Waals surface area contributed by atoms with E-state index in [0.717, 1.165) is 22.8 Å². The molecule has 0 saturated carbocycles. The molecule has 1 fully saturated rings. The summed E-state index contributed by atoms with van der Waals surface area (Å²) in [5.74, 6) is 0.829. The average molecular weight is 641 g/mol. The van der Waals surface area contributed by atoms with E-state index >= 15 is 0 Å². The molecule has 1 aliphatic heterocycles. The minimum atomic E-state index is -0.672. The zero-order chi connectivity index (χ0) is 33.1. The van der Waals surface area contributed by atoms with Crippen LogP contribution in [0.4, 0.5) is 5.82 Å². The maximum absolute atomic E-state index is 12.3. The van der Waals surface area contributed by atoms with E-state index in [4.69, 9.17) is 30.4 Å². The number of morpholine rings is 1. The number of nitrogens with one attached hydrogen (secondary N) is 1. The molecule has 14 nitrogen and oxygen atoms in total. The standard InChI is InChI=1S/C33H40N10O4/c1-21(2)14-25(34)33(45)35-19-32(44)47-20-42-23(4)16-27(38-42)28-17-30-36-29(18-31(43(30)39-28)40-10-12-46-13-11-40)41-9-8-26(37-41)24-7-5-6-22(3)15-24/h5-9,15-18,21,25H,10-14,19-20,34H2,1-4H3,(H,35,45)/t25-/m0/s1. The lowest BCUT2D eigenvalue weighted by Gasteiger charge is -2.29. The van der Waals surface area contributed by atoms with E-state index in [0.29, 0.717) is 55.6 Å². The Kier molecular flexibility index (Phi) is 9.31. The van der Waals surface area contributed by atoms with E-state index in [-0.39, 0.29) is 25.1 Å². The Labute approximate surface area is 272 Å². The summed E-state index contributed by atoms with van der Waals surface area (Å²) in [7, 11) is 0. The van der Waals surface area contributed by atoms with Crippen LogP contribution >= 0.6 is 0 Å². The molecule has 14 heteroatoms. The molecule has 0 aliphatic carbocycles. The van der Waals surface area contributed by atoms with E-state index < -0.39 is 12.0 Å². The van der Waals surface area contributed by atoms with Gasteiger partial charge in [-0.2, -0.15) is 19.8 Å². The van der Waals surface area contributed by atoms with Crippen LogP contribution in [0, 0.1) is 19.8 Å². The quantitative estimate of drug-likeness (QED) is 0.206. The van der Waals surface area contributed by atoms with Crippen LogP contribution in [0.3, 0.4) is 0 Å². The van der Waals surface area contributed by atoms with Crippen LogP contribution in [0.5, 0.6) is 0 Å². The summed E-state index contributed by atoms with van der Waals surface area (Å²) in [5, 5.41) is 16.9. The van der Waals surface area contributed by atoms with Crippen LogP contribution in [-0.4, -0.2) is 84.9 Å². The summed E-state index contributed by atoms with van der Waals surface area (Å²) < 4.78 is 16.2. The molecule has 0 bridgehead atoms. The second-order valence-corrected chi connectivity index (χ2v) is 12.2. The predicted octanol–water partition coefficient (Wildman–Crippen LogP) is 2.89. The van der Waals surface area contributed by atoms with Crippen molar-refractivity contribution in [2.75, 3.05) is 37.7 Å². The Morgan fingerprint density at radius 2 is 1.79 bits per heavy atom. The molecule has 5 heterocycles. The van der Waals surface area contributed by atoms with Crippen molar-refractivity contribution >= 4 is 23.3 Å². The number of carbonyl (C=O) groups is 2. The van der Waals surface area contributed by atoms with Gasteiger partial charge in [-0.15, -0.1) is 0 Å². The molecule has 6 rings (SSSR count). The molecule has 47 heavy (non-hydrogen) atoms. The number of esters is 1. The first-order valence-corrected chi connectivity index (χ1v) is 15.7. The molecule has 0 radical (unpaired) electrons. The van der Waals surface area contributed by atoms with Crippen molar-refractivity contribution < 1.29 is 19.1 Å². The summed E-state index contributed by atoms with van der Waals surface area (Å²) in [6, 6.07) is 15.3. The fourth-order valence-electron chi connectivity index (χ4n) is 5.47. The number of hydrogen-bond donors (Lipinski definition) is 2. The fraction of sp³-hybridized carbons (Fsp3) is 0.394. The smallest absolute Gasteiger partial charge is 0.327 e. The normalized spacial score (nSPS) is 14.1. The van der Waals surface area contributed by atoms with E-state index in [1.54, 1.807) is 9.36 Å². The molecule has 1 saturated heterocycles. The van der Waals surface area contributed by atoms with Gasteiger partial charge in [0.1, 0.15) is 23.8 Å². The Bertz CT molecular complexity index is 1890. The second kappa shape index (κ2) is 13.7. The third kappa shape index (κ3) is 7.34. The third-order valence-corrected chi connectivity index (χ3v) is 7.93. The molecular weight excluding hydrogens is 600 g/mol. The predicted molar refractivity (Wildman–Crippen MR) is 176 cm³/mol. The Morgan fingerprint density at radius 3 is 2.55 bits per heavy atom. The number of aromatic nitrogens is 7. The molecule has 5 aromatic rings. The van der Waals surface area contributed by atoms with E-state index in [9.17, 15) is 9.59 Å². The average Bonchev–Trinajstić information content (AvgIpc) is 3.81. The highest BCUT2D eigenvalue weighted by molar-refractivity contribution is 5.85. The highest BCUT2D eigenvalue weighted by Crippen LogP contribution is 2.26.